The lowest BCUT2D eigenvalue weighted by Gasteiger charge is -2.26. The number of ether oxygens (including phenoxy) is 3. The molecule has 42 heavy (non-hydrogen) atoms. The van der Waals surface area contributed by atoms with Crippen LogP contribution in [0.2, 0.25) is 0 Å². The van der Waals surface area contributed by atoms with Crippen LogP contribution >= 0.6 is 0 Å². The van der Waals surface area contributed by atoms with Gasteiger partial charge in [0.15, 0.2) is 0 Å². The van der Waals surface area contributed by atoms with Gasteiger partial charge in [-0.1, -0.05) is 36.4 Å². The molecule has 1 N–H and O–H groups in total. The number of hydrogen-bond donors (Lipinski definition) is 1. The van der Waals surface area contributed by atoms with Gasteiger partial charge in [-0.25, -0.2) is 13.6 Å². The number of aryl methyl sites for hydroxylation is 2. The number of benzene rings is 3. The molecule has 8 heteroatoms. The highest BCUT2D eigenvalue weighted by Gasteiger charge is 2.36. The Balaban J connectivity index is 1.86. The first kappa shape index (κ1) is 31.0. The summed E-state index contributed by atoms with van der Waals surface area (Å²) in [6.45, 7) is 10.8. The maximum Gasteiger partial charge on any atom is 0.408 e. The van der Waals surface area contributed by atoms with E-state index in [4.69, 9.17) is 14.2 Å². The third-order valence-corrected chi connectivity index (χ3v) is 6.95. The Bertz CT molecular complexity index is 1440. The standard InChI is InChI=1S/C34H39F2NO5/c1-7-40-28(38)18-26(37-33(39)42-34(4,5)6)30-31(35)24(23-13-14-23)17-25(32(30)36)29-21(3)15-20(2)16-27(29)41-19-22-11-9-8-10-12-22/h8-12,15-17,23,26H,7,13-14,18-19H2,1-6H3,(H,37,39)/t26-/m0/s1. The normalized spacial score (nSPS) is 13.8. The summed E-state index contributed by atoms with van der Waals surface area (Å²) in [7, 11) is 0. The predicted molar refractivity (Wildman–Crippen MR) is 157 cm³/mol. The van der Waals surface area contributed by atoms with Crippen LogP contribution in [0.15, 0.2) is 48.5 Å². The van der Waals surface area contributed by atoms with E-state index >= 15 is 8.78 Å². The smallest absolute Gasteiger partial charge is 0.408 e. The maximum absolute atomic E-state index is 16.7. The van der Waals surface area contributed by atoms with E-state index in [1.807, 2.05) is 56.3 Å². The Morgan fingerprint density at radius 3 is 2.33 bits per heavy atom. The largest absolute Gasteiger partial charge is 0.488 e. The molecule has 6 nitrogen and oxygen atoms in total. The number of hydrogen-bond acceptors (Lipinski definition) is 5. The summed E-state index contributed by atoms with van der Waals surface area (Å²) in [6, 6.07) is 13.5. The fourth-order valence-electron chi connectivity index (χ4n) is 5.04. The van der Waals surface area contributed by atoms with Crippen molar-refractivity contribution in [2.75, 3.05) is 6.61 Å². The second-order valence-corrected chi connectivity index (χ2v) is 11.8. The van der Waals surface area contributed by atoms with Gasteiger partial charge in [0.25, 0.3) is 0 Å². The molecule has 0 aliphatic heterocycles. The molecule has 1 saturated carbocycles. The fraction of sp³-hybridized carbons (Fsp3) is 0.412. The Morgan fingerprint density at radius 2 is 1.71 bits per heavy atom. The van der Waals surface area contributed by atoms with Crippen LogP contribution in [0, 0.1) is 25.5 Å². The summed E-state index contributed by atoms with van der Waals surface area (Å²) in [6.07, 6.45) is 0.146. The van der Waals surface area contributed by atoms with Gasteiger partial charge in [0.05, 0.1) is 19.1 Å². The summed E-state index contributed by atoms with van der Waals surface area (Å²) in [5.74, 6) is -1.99. The highest BCUT2D eigenvalue weighted by atomic mass is 19.1. The first-order valence-corrected chi connectivity index (χ1v) is 14.3. The molecule has 0 aromatic heterocycles. The molecule has 0 radical (unpaired) electrons. The molecule has 4 rings (SSSR count). The van der Waals surface area contributed by atoms with E-state index < -0.39 is 47.3 Å². The van der Waals surface area contributed by atoms with Crippen molar-refractivity contribution in [1.82, 2.24) is 5.32 Å². The van der Waals surface area contributed by atoms with E-state index in [1.165, 1.54) is 0 Å². The van der Waals surface area contributed by atoms with Crippen LogP contribution in [-0.4, -0.2) is 24.3 Å². The van der Waals surface area contributed by atoms with Crippen molar-refractivity contribution >= 4 is 12.1 Å². The van der Waals surface area contributed by atoms with Gasteiger partial charge < -0.3 is 19.5 Å². The molecule has 0 spiro atoms. The second kappa shape index (κ2) is 12.9. The molecule has 1 fully saturated rings. The molecule has 0 unspecified atom stereocenters. The van der Waals surface area contributed by atoms with E-state index in [2.05, 4.69) is 5.32 Å². The van der Waals surface area contributed by atoms with Crippen LogP contribution in [0.1, 0.15) is 86.7 Å². The number of halogens is 2. The Labute approximate surface area is 246 Å². The van der Waals surface area contributed by atoms with E-state index in [1.54, 1.807) is 33.8 Å². The third kappa shape index (κ3) is 7.66. The van der Waals surface area contributed by atoms with Crippen LogP contribution in [0.25, 0.3) is 11.1 Å². The number of rotatable bonds is 10. The molecule has 0 heterocycles. The molecule has 1 aliphatic rings. The quantitative estimate of drug-likeness (QED) is 0.245. The average Bonchev–Trinajstić information content (AvgIpc) is 3.73. The van der Waals surface area contributed by atoms with Crippen molar-refractivity contribution in [3.8, 4) is 16.9 Å². The van der Waals surface area contributed by atoms with Crippen molar-refractivity contribution in [1.29, 1.82) is 0 Å². The van der Waals surface area contributed by atoms with Gasteiger partial charge in [0.2, 0.25) is 0 Å². The minimum absolute atomic E-state index is 0.0843. The lowest BCUT2D eigenvalue weighted by atomic mass is 9.89. The number of amides is 1. The minimum atomic E-state index is -1.37. The van der Waals surface area contributed by atoms with Gasteiger partial charge in [-0.15, -0.1) is 0 Å². The molecule has 0 saturated heterocycles. The highest BCUT2D eigenvalue weighted by molar-refractivity contribution is 5.78. The van der Waals surface area contributed by atoms with E-state index in [9.17, 15) is 9.59 Å². The number of nitrogens with one attached hydrogen (secondary N) is 1. The molecule has 224 valence electrons. The summed E-state index contributed by atoms with van der Waals surface area (Å²) < 4.78 is 49.7. The molecule has 3 aromatic rings. The Hall–Kier alpha value is -3.94. The van der Waals surface area contributed by atoms with Crippen LogP contribution in [0.5, 0.6) is 5.75 Å². The average molecular weight is 580 g/mol. The molecule has 0 bridgehead atoms. The van der Waals surface area contributed by atoms with Crippen molar-refractivity contribution in [3.05, 3.63) is 88.0 Å². The first-order chi connectivity index (χ1) is 19.9. The first-order valence-electron chi connectivity index (χ1n) is 14.3. The molecular formula is C34H39F2NO5. The molecule has 1 aliphatic carbocycles. The monoisotopic (exact) mass is 579 g/mol. The summed E-state index contributed by atoms with van der Waals surface area (Å²) in [5, 5.41) is 2.54. The number of carbonyl (C=O) groups excluding carboxylic acids is 2. The molecule has 1 atom stereocenters. The summed E-state index contributed by atoms with van der Waals surface area (Å²) in [5.41, 5.74) is 2.34. The number of alkyl carbamates (subject to hydrolysis) is 1. The van der Waals surface area contributed by atoms with Gasteiger partial charge in [-0.3, -0.25) is 4.79 Å². The predicted octanol–water partition coefficient (Wildman–Crippen LogP) is 8.22. The SMILES string of the molecule is CCOC(=O)C[C@H](NC(=O)OC(C)(C)C)c1c(F)c(-c2c(C)cc(C)cc2OCc2ccccc2)cc(C2CC2)c1F. The van der Waals surface area contributed by atoms with Crippen LogP contribution in [-0.2, 0) is 20.9 Å². The highest BCUT2D eigenvalue weighted by Crippen LogP contribution is 2.47. The molecule has 3 aromatic carbocycles. The molecular weight excluding hydrogens is 540 g/mol. The zero-order valence-corrected chi connectivity index (χ0v) is 25.1. The Morgan fingerprint density at radius 1 is 1.02 bits per heavy atom. The van der Waals surface area contributed by atoms with Gasteiger partial charge in [0.1, 0.15) is 29.6 Å². The van der Waals surface area contributed by atoms with Crippen LogP contribution in [0.3, 0.4) is 0 Å². The van der Waals surface area contributed by atoms with Gasteiger partial charge in [-0.05, 0) is 94.7 Å². The van der Waals surface area contributed by atoms with E-state index in [0.717, 1.165) is 29.5 Å². The van der Waals surface area contributed by atoms with E-state index in [0.29, 0.717) is 16.9 Å². The van der Waals surface area contributed by atoms with Gasteiger partial charge >= 0.3 is 12.1 Å². The fourth-order valence-corrected chi connectivity index (χ4v) is 5.04. The third-order valence-electron chi connectivity index (χ3n) is 6.95. The van der Waals surface area contributed by atoms with Crippen molar-refractivity contribution in [2.45, 2.75) is 85.0 Å². The zero-order chi connectivity index (χ0) is 30.6. The topological polar surface area (TPSA) is 73.9 Å². The minimum Gasteiger partial charge on any atom is -0.488 e. The van der Waals surface area contributed by atoms with Crippen molar-refractivity contribution in [3.63, 3.8) is 0 Å². The zero-order valence-electron chi connectivity index (χ0n) is 25.1. The lowest BCUT2D eigenvalue weighted by Crippen LogP contribution is -2.37. The number of carbonyl (C=O) groups is 2. The van der Waals surface area contributed by atoms with E-state index in [-0.39, 0.29) is 24.7 Å². The van der Waals surface area contributed by atoms with Crippen LogP contribution in [0.4, 0.5) is 13.6 Å². The summed E-state index contributed by atoms with van der Waals surface area (Å²) in [4.78, 5) is 25.4. The van der Waals surface area contributed by atoms with Gasteiger partial charge in [0, 0.05) is 16.7 Å². The number of esters is 1. The maximum atomic E-state index is 16.7. The second-order valence-electron chi connectivity index (χ2n) is 11.8. The van der Waals surface area contributed by atoms with Crippen molar-refractivity contribution < 1.29 is 32.6 Å². The van der Waals surface area contributed by atoms with Crippen molar-refractivity contribution in [2.24, 2.45) is 0 Å². The Kier molecular flexibility index (Phi) is 9.54. The van der Waals surface area contributed by atoms with Gasteiger partial charge in [-0.2, -0.15) is 0 Å². The summed E-state index contributed by atoms with van der Waals surface area (Å²) >= 11 is 0. The lowest BCUT2D eigenvalue weighted by molar-refractivity contribution is -0.143. The van der Waals surface area contributed by atoms with Crippen LogP contribution < -0.4 is 10.1 Å². The molecule has 1 amide bonds.